The molecule has 0 spiro atoms. The van der Waals surface area contributed by atoms with Gasteiger partial charge in [0.2, 0.25) is 0 Å². The molecule has 0 aromatic heterocycles. The van der Waals surface area contributed by atoms with Gasteiger partial charge in [-0.1, -0.05) is 24.1 Å². The molecule has 2 rings (SSSR count). The number of aryl methyl sites for hydroxylation is 1. The molecule has 2 unspecified atom stereocenters. The van der Waals surface area contributed by atoms with Crippen molar-refractivity contribution in [2.24, 2.45) is 17.6 Å². The van der Waals surface area contributed by atoms with Crippen LogP contribution in [0.3, 0.4) is 0 Å². The first-order valence-corrected chi connectivity index (χ1v) is 7.26. The minimum Gasteiger partial charge on any atom is -0.372 e. The fourth-order valence-corrected chi connectivity index (χ4v) is 3.12. The van der Waals surface area contributed by atoms with Gasteiger partial charge in [-0.15, -0.1) is 0 Å². The summed E-state index contributed by atoms with van der Waals surface area (Å²) in [5.41, 5.74) is 8.56. The van der Waals surface area contributed by atoms with Crippen LogP contribution in [-0.2, 0) is 0 Å². The lowest BCUT2D eigenvalue weighted by Crippen LogP contribution is -2.33. The van der Waals surface area contributed by atoms with Crippen LogP contribution in [0.15, 0.2) is 24.3 Å². The number of nitrogens with two attached hydrogens (primary N) is 1. The first-order valence-electron chi connectivity index (χ1n) is 7.26. The molecule has 1 aliphatic rings. The zero-order chi connectivity index (χ0) is 13.0. The van der Waals surface area contributed by atoms with Crippen molar-refractivity contribution in [3.05, 3.63) is 29.8 Å². The van der Waals surface area contributed by atoms with E-state index in [1.54, 1.807) is 0 Å². The smallest absolute Gasteiger partial charge is 0.0366 e. The van der Waals surface area contributed by atoms with Gasteiger partial charge in [0.15, 0.2) is 0 Å². The second-order valence-electron chi connectivity index (χ2n) is 5.56. The highest BCUT2D eigenvalue weighted by molar-refractivity contribution is 5.47. The third-order valence-corrected chi connectivity index (χ3v) is 4.35. The molecule has 0 heterocycles. The molecule has 2 nitrogen and oxygen atoms in total. The van der Waals surface area contributed by atoms with Gasteiger partial charge in [-0.3, -0.25) is 0 Å². The molecule has 2 heteroatoms. The highest BCUT2D eigenvalue weighted by Crippen LogP contribution is 2.32. The van der Waals surface area contributed by atoms with Crippen molar-refractivity contribution >= 4 is 5.69 Å². The van der Waals surface area contributed by atoms with Crippen LogP contribution in [0.2, 0.25) is 0 Å². The molecule has 0 amide bonds. The second kappa shape index (κ2) is 6.24. The number of hydrogen-bond acceptors (Lipinski definition) is 2. The van der Waals surface area contributed by atoms with E-state index in [-0.39, 0.29) is 0 Å². The molecule has 18 heavy (non-hydrogen) atoms. The molecule has 1 aromatic rings. The molecular formula is C16H26N2. The van der Waals surface area contributed by atoms with Crippen LogP contribution in [0.1, 0.15) is 31.7 Å². The molecule has 0 aliphatic heterocycles. The Balaban J connectivity index is 2.02. The zero-order valence-electron chi connectivity index (χ0n) is 11.7. The normalized spacial score (nSPS) is 23.3. The minimum atomic E-state index is 0.740. The van der Waals surface area contributed by atoms with Gasteiger partial charge in [-0.2, -0.15) is 0 Å². The lowest BCUT2D eigenvalue weighted by Gasteiger charge is -2.29. The first-order chi connectivity index (χ1) is 8.74. The summed E-state index contributed by atoms with van der Waals surface area (Å²) in [5, 5.41) is 0. The van der Waals surface area contributed by atoms with Crippen LogP contribution in [0.5, 0.6) is 0 Å². The van der Waals surface area contributed by atoms with E-state index in [1.807, 2.05) is 0 Å². The van der Waals surface area contributed by atoms with Crippen LogP contribution in [-0.4, -0.2) is 19.6 Å². The summed E-state index contributed by atoms with van der Waals surface area (Å²) >= 11 is 0. The quantitative estimate of drug-likeness (QED) is 0.864. The Bertz CT molecular complexity index is 358. The summed E-state index contributed by atoms with van der Waals surface area (Å²) in [6, 6.07) is 8.89. The molecule has 0 saturated heterocycles. The molecule has 1 saturated carbocycles. The van der Waals surface area contributed by atoms with Gasteiger partial charge < -0.3 is 10.6 Å². The SMILES string of the molecule is CCN(CC1CCCC1CN)c1ccc(C)cc1. The van der Waals surface area contributed by atoms with Gasteiger partial charge in [0, 0.05) is 18.8 Å². The van der Waals surface area contributed by atoms with Crippen molar-refractivity contribution in [2.45, 2.75) is 33.1 Å². The number of anilines is 1. The third kappa shape index (κ3) is 3.05. The van der Waals surface area contributed by atoms with E-state index >= 15 is 0 Å². The zero-order valence-corrected chi connectivity index (χ0v) is 11.7. The summed E-state index contributed by atoms with van der Waals surface area (Å²) in [6.07, 6.45) is 4.04. The minimum absolute atomic E-state index is 0.740. The topological polar surface area (TPSA) is 29.3 Å². The number of nitrogens with zero attached hydrogens (tertiary/aromatic N) is 1. The van der Waals surface area contributed by atoms with E-state index in [2.05, 4.69) is 43.0 Å². The number of hydrogen-bond donors (Lipinski definition) is 1. The van der Waals surface area contributed by atoms with Crippen molar-refractivity contribution < 1.29 is 0 Å². The fourth-order valence-electron chi connectivity index (χ4n) is 3.12. The lowest BCUT2D eigenvalue weighted by molar-refractivity contribution is 0.396. The summed E-state index contributed by atoms with van der Waals surface area (Å²) in [5.74, 6) is 1.53. The summed E-state index contributed by atoms with van der Waals surface area (Å²) < 4.78 is 0. The summed E-state index contributed by atoms with van der Waals surface area (Å²) in [4.78, 5) is 2.50. The Morgan fingerprint density at radius 2 is 1.83 bits per heavy atom. The van der Waals surface area contributed by atoms with Gasteiger partial charge in [-0.25, -0.2) is 0 Å². The monoisotopic (exact) mass is 246 g/mol. The largest absolute Gasteiger partial charge is 0.372 e. The van der Waals surface area contributed by atoms with E-state index in [1.165, 1.54) is 37.1 Å². The van der Waals surface area contributed by atoms with E-state index in [9.17, 15) is 0 Å². The van der Waals surface area contributed by atoms with Gasteiger partial charge in [0.25, 0.3) is 0 Å². The van der Waals surface area contributed by atoms with Crippen LogP contribution < -0.4 is 10.6 Å². The summed E-state index contributed by atoms with van der Waals surface area (Å²) in [7, 11) is 0. The molecule has 1 aliphatic carbocycles. The molecule has 2 atom stereocenters. The van der Waals surface area contributed by atoms with Crippen molar-refractivity contribution in [3.8, 4) is 0 Å². The van der Waals surface area contributed by atoms with Crippen molar-refractivity contribution in [3.63, 3.8) is 0 Å². The van der Waals surface area contributed by atoms with Crippen molar-refractivity contribution in [1.82, 2.24) is 0 Å². The Morgan fingerprint density at radius 3 is 2.44 bits per heavy atom. The molecule has 0 radical (unpaired) electrons. The van der Waals surface area contributed by atoms with Crippen LogP contribution in [0.25, 0.3) is 0 Å². The Labute approximate surface area is 111 Å². The molecule has 2 N–H and O–H groups in total. The van der Waals surface area contributed by atoms with Crippen molar-refractivity contribution in [1.29, 1.82) is 0 Å². The highest BCUT2D eigenvalue weighted by Gasteiger charge is 2.27. The van der Waals surface area contributed by atoms with Gasteiger partial charge in [-0.05, 0) is 57.2 Å². The van der Waals surface area contributed by atoms with E-state index in [0.29, 0.717) is 0 Å². The number of benzene rings is 1. The van der Waals surface area contributed by atoms with E-state index < -0.39 is 0 Å². The van der Waals surface area contributed by atoms with Gasteiger partial charge in [0.1, 0.15) is 0 Å². The molecular weight excluding hydrogens is 220 g/mol. The molecule has 0 bridgehead atoms. The fraction of sp³-hybridized carbons (Fsp3) is 0.625. The maximum Gasteiger partial charge on any atom is 0.0366 e. The first kappa shape index (κ1) is 13.4. The van der Waals surface area contributed by atoms with Gasteiger partial charge in [0.05, 0.1) is 0 Å². The lowest BCUT2D eigenvalue weighted by atomic mass is 9.95. The molecule has 100 valence electrons. The Morgan fingerprint density at radius 1 is 1.17 bits per heavy atom. The van der Waals surface area contributed by atoms with Gasteiger partial charge >= 0.3 is 0 Å². The summed E-state index contributed by atoms with van der Waals surface area (Å²) in [6.45, 7) is 7.49. The van der Waals surface area contributed by atoms with Crippen LogP contribution in [0, 0.1) is 18.8 Å². The second-order valence-corrected chi connectivity index (χ2v) is 5.56. The third-order valence-electron chi connectivity index (χ3n) is 4.35. The van der Waals surface area contributed by atoms with E-state index in [0.717, 1.165) is 24.9 Å². The predicted octanol–water partition coefficient (Wildman–Crippen LogP) is 3.20. The average Bonchev–Trinajstić information content (AvgIpc) is 2.84. The molecule has 1 aromatic carbocycles. The van der Waals surface area contributed by atoms with Crippen molar-refractivity contribution in [2.75, 3.05) is 24.5 Å². The Hall–Kier alpha value is -1.02. The van der Waals surface area contributed by atoms with E-state index in [4.69, 9.17) is 5.73 Å². The number of rotatable bonds is 5. The highest BCUT2D eigenvalue weighted by atomic mass is 15.1. The molecule has 1 fully saturated rings. The standard InChI is InChI=1S/C16H26N2/c1-3-18(16-9-7-13(2)8-10-16)12-15-6-4-5-14(15)11-17/h7-10,14-15H,3-6,11-12,17H2,1-2H3. The maximum atomic E-state index is 5.88. The maximum absolute atomic E-state index is 5.88. The predicted molar refractivity (Wildman–Crippen MR) is 79.0 cm³/mol. The average molecular weight is 246 g/mol. The van der Waals surface area contributed by atoms with Crippen LogP contribution in [0.4, 0.5) is 5.69 Å². The van der Waals surface area contributed by atoms with Crippen LogP contribution >= 0.6 is 0 Å². The Kier molecular flexibility index (Phi) is 4.65.